The van der Waals surface area contributed by atoms with Crippen molar-refractivity contribution in [2.75, 3.05) is 32.8 Å². The Labute approximate surface area is 152 Å². The van der Waals surface area contributed by atoms with E-state index < -0.39 is 0 Å². The molecule has 0 aliphatic carbocycles. The van der Waals surface area contributed by atoms with E-state index in [4.69, 9.17) is 25.8 Å². The van der Waals surface area contributed by atoms with Crippen LogP contribution < -0.4 is 20.1 Å². The van der Waals surface area contributed by atoms with Crippen LogP contribution in [0.2, 0.25) is 5.02 Å². The van der Waals surface area contributed by atoms with Gasteiger partial charge in [0.1, 0.15) is 12.4 Å². The summed E-state index contributed by atoms with van der Waals surface area (Å²) in [4.78, 5) is 12.2. The van der Waals surface area contributed by atoms with E-state index in [1.54, 1.807) is 32.4 Å². The first-order valence-electron chi connectivity index (χ1n) is 7.72. The van der Waals surface area contributed by atoms with Gasteiger partial charge >= 0.3 is 6.03 Å². The van der Waals surface area contributed by atoms with Crippen LogP contribution in [0.15, 0.2) is 42.5 Å². The topological polar surface area (TPSA) is 68.8 Å². The molecule has 0 radical (unpaired) electrons. The van der Waals surface area contributed by atoms with Gasteiger partial charge in [-0.05, 0) is 29.8 Å². The van der Waals surface area contributed by atoms with Crippen molar-refractivity contribution in [1.29, 1.82) is 0 Å². The maximum absolute atomic E-state index is 12.2. The average Bonchev–Trinajstić information content (AvgIpc) is 2.62. The molecule has 0 fully saturated rings. The third-order valence-corrected chi connectivity index (χ3v) is 3.63. The zero-order valence-corrected chi connectivity index (χ0v) is 14.9. The third kappa shape index (κ3) is 5.85. The number of rotatable bonds is 8. The summed E-state index contributed by atoms with van der Waals surface area (Å²) in [5.41, 5.74) is 1.42. The first-order valence-corrected chi connectivity index (χ1v) is 8.10. The molecule has 2 rings (SSSR count). The van der Waals surface area contributed by atoms with Gasteiger partial charge in [0, 0.05) is 13.7 Å². The second kappa shape index (κ2) is 9.76. The molecule has 2 N–H and O–H groups in total. The van der Waals surface area contributed by atoms with Crippen LogP contribution in [0.1, 0.15) is 5.56 Å². The Balaban J connectivity index is 1.96. The van der Waals surface area contributed by atoms with Gasteiger partial charge in [0.15, 0.2) is 5.75 Å². The fourth-order valence-electron chi connectivity index (χ4n) is 2.11. The first kappa shape index (κ1) is 18.9. The van der Waals surface area contributed by atoms with Crippen LogP contribution in [0.25, 0.3) is 0 Å². The lowest BCUT2D eigenvalue weighted by molar-refractivity contribution is 0.146. The fourth-order valence-corrected chi connectivity index (χ4v) is 2.34. The molecule has 25 heavy (non-hydrogen) atoms. The number of ether oxygens (including phenoxy) is 3. The van der Waals surface area contributed by atoms with Crippen LogP contribution >= 0.6 is 11.6 Å². The number of methoxy groups -OCH3 is 2. The van der Waals surface area contributed by atoms with E-state index in [0.29, 0.717) is 36.2 Å². The molecule has 6 nitrogen and oxygen atoms in total. The highest BCUT2D eigenvalue weighted by Gasteiger charge is 2.11. The standard InChI is InChI=1S/C18H21ClN2O4/c1-23-9-10-25-17-15(19)7-4-8-16(17)21-18(22)20-12-13-5-3-6-14(11-13)24-2/h3-8,11H,9-10,12H2,1-2H3,(H2,20,21,22). The minimum Gasteiger partial charge on any atom is -0.497 e. The smallest absolute Gasteiger partial charge is 0.319 e. The number of carbonyl (C=O) groups is 1. The zero-order valence-electron chi connectivity index (χ0n) is 14.2. The normalized spacial score (nSPS) is 10.2. The van der Waals surface area contributed by atoms with Gasteiger partial charge in [-0.3, -0.25) is 0 Å². The van der Waals surface area contributed by atoms with Gasteiger partial charge < -0.3 is 24.8 Å². The molecule has 0 heterocycles. The molecule has 0 saturated carbocycles. The predicted molar refractivity (Wildman–Crippen MR) is 97.7 cm³/mol. The van der Waals surface area contributed by atoms with Gasteiger partial charge in [-0.15, -0.1) is 0 Å². The van der Waals surface area contributed by atoms with Crippen molar-refractivity contribution in [3.8, 4) is 11.5 Å². The van der Waals surface area contributed by atoms with Crippen LogP contribution in [0.5, 0.6) is 11.5 Å². The monoisotopic (exact) mass is 364 g/mol. The summed E-state index contributed by atoms with van der Waals surface area (Å²) in [5.74, 6) is 1.15. The number of halogens is 1. The van der Waals surface area contributed by atoms with E-state index in [2.05, 4.69) is 10.6 Å². The Morgan fingerprint density at radius 2 is 1.92 bits per heavy atom. The molecule has 0 atom stereocenters. The minimum absolute atomic E-state index is 0.334. The Hall–Kier alpha value is -2.44. The molecule has 0 bridgehead atoms. The average molecular weight is 365 g/mol. The highest BCUT2D eigenvalue weighted by atomic mass is 35.5. The Morgan fingerprint density at radius 1 is 1.12 bits per heavy atom. The molecule has 0 aliphatic heterocycles. The summed E-state index contributed by atoms with van der Waals surface area (Å²) in [6, 6.07) is 12.3. The lowest BCUT2D eigenvalue weighted by Crippen LogP contribution is -2.28. The second-order valence-electron chi connectivity index (χ2n) is 5.12. The number of para-hydroxylation sites is 1. The van der Waals surface area contributed by atoms with Crippen molar-refractivity contribution in [3.63, 3.8) is 0 Å². The van der Waals surface area contributed by atoms with Crippen molar-refractivity contribution in [3.05, 3.63) is 53.1 Å². The van der Waals surface area contributed by atoms with Crippen LogP contribution in [-0.2, 0) is 11.3 Å². The van der Waals surface area contributed by atoms with Crippen LogP contribution in [0, 0.1) is 0 Å². The molecule has 0 aliphatic rings. The van der Waals surface area contributed by atoms with E-state index in [0.717, 1.165) is 11.3 Å². The number of nitrogens with one attached hydrogen (secondary N) is 2. The first-order chi connectivity index (χ1) is 12.1. The summed E-state index contributed by atoms with van der Waals surface area (Å²) in [5, 5.41) is 5.95. The molecule has 0 aromatic heterocycles. The number of anilines is 1. The van der Waals surface area contributed by atoms with Gasteiger partial charge in [-0.1, -0.05) is 29.8 Å². The van der Waals surface area contributed by atoms with E-state index >= 15 is 0 Å². The van der Waals surface area contributed by atoms with Gasteiger partial charge in [-0.25, -0.2) is 4.79 Å². The summed E-state index contributed by atoms with van der Waals surface area (Å²) in [6.45, 7) is 1.12. The van der Waals surface area contributed by atoms with Crippen molar-refractivity contribution < 1.29 is 19.0 Å². The highest BCUT2D eigenvalue weighted by Crippen LogP contribution is 2.32. The molecule has 7 heteroatoms. The van der Waals surface area contributed by atoms with Crippen LogP contribution in [-0.4, -0.2) is 33.5 Å². The van der Waals surface area contributed by atoms with Gasteiger partial charge in [0.25, 0.3) is 0 Å². The maximum Gasteiger partial charge on any atom is 0.319 e. The third-order valence-electron chi connectivity index (χ3n) is 3.34. The van der Waals surface area contributed by atoms with Crippen LogP contribution in [0.4, 0.5) is 10.5 Å². The van der Waals surface area contributed by atoms with Crippen molar-refractivity contribution >= 4 is 23.3 Å². The SMILES string of the molecule is COCCOc1c(Cl)cccc1NC(=O)NCc1cccc(OC)c1. The summed E-state index contributed by atoms with van der Waals surface area (Å²) in [7, 11) is 3.19. The van der Waals surface area contributed by atoms with E-state index in [9.17, 15) is 4.79 Å². The van der Waals surface area contributed by atoms with E-state index in [-0.39, 0.29) is 6.03 Å². The quantitative estimate of drug-likeness (QED) is 0.701. The second-order valence-corrected chi connectivity index (χ2v) is 5.52. The summed E-state index contributed by atoms with van der Waals surface area (Å²) >= 11 is 6.15. The lowest BCUT2D eigenvalue weighted by atomic mass is 10.2. The molecule has 2 amide bonds. The molecule has 0 unspecified atom stereocenters. The largest absolute Gasteiger partial charge is 0.497 e. The number of hydrogen-bond donors (Lipinski definition) is 2. The molecule has 0 spiro atoms. The number of benzene rings is 2. The van der Waals surface area contributed by atoms with Crippen molar-refractivity contribution in [2.45, 2.75) is 6.54 Å². The molecule has 0 saturated heterocycles. The molecule has 2 aromatic rings. The molecule has 2 aromatic carbocycles. The summed E-state index contributed by atoms with van der Waals surface area (Å²) < 4.78 is 15.7. The highest BCUT2D eigenvalue weighted by molar-refractivity contribution is 6.32. The number of amides is 2. The number of urea groups is 1. The van der Waals surface area contributed by atoms with Crippen molar-refractivity contribution in [2.24, 2.45) is 0 Å². The minimum atomic E-state index is -0.360. The lowest BCUT2D eigenvalue weighted by Gasteiger charge is -2.14. The number of carbonyl (C=O) groups excluding carboxylic acids is 1. The Morgan fingerprint density at radius 3 is 2.68 bits per heavy atom. The maximum atomic E-state index is 12.2. The molecule has 134 valence electrons. The van der Waals surface area contributed by atoms with Gasteiger partial charge in [0.2, 0.25) is 0 Å². The van der Waals surface area contributed by atoms with E-state index in [1.807, 2.05) is 24.3 Å². The van der Waals surface area contributed by atoms with Gasteiger partial charge in [0.05, 0.1) is 24.4 Å². The molecular weight excluding hydrogens is 344 g/mol. The van der Waals surface area contributed by atoms with E-state index in [1.165, 1.54) is 0 Å². The Kier molecular flexibility index (Phi) is 7.37. The van der Waals surface area contributed by atoms with Gasteiger partial charge in [-0.2, -0.15) is 0 Å². The Bertz CT molecular complexity index is 709. The predicted octanol–water partition coefficient (Wildman–Crippen LogP) is 3.70. The van der Waals surface area contributed by atoms with Crippen molar-refractivity contribution in [1.82, 2.24) is 5.32 Å². The number of hydrogen-bond acceptors (Lipinski definition) is 4. The molecular formula is C18H21ClN2O4. The fraction of sp³-hybridized carbons (Fsp3) is 0.278. The summed E-state index contributed by atoms with van der Waals surface area (Å²) in [6.07, 6.45) is 0. The zero-order chi connectivity index (χ0) is 18.1. The van der Waals surface area contributed by atoms with Crippen LogP contribution in [0.3, 0.4) is 0 Å².